The van der Waals surface area contributed by atoms with E-state index in [1.165, 1.54) is 11.8 Å². The molecule has 3 fully saturated rings. The Balaban J connectivity index is 1.57. The SMILES string of the molecule is CCC1C(N2CCC(N(CC(F)(F)F)C(C)=O)CC2)CC12CCN(C(=O)O)C2. The lowest BCUT2D eigenvalue weighted by molar-refractivity contribution is -0.167. The van der Waals surface area contributed by atoms with Gasteiger partial charge in [-0.3, -0.25) is 9.69 Å². The Morgan fingerprint density at radius 3 is 2.32 bits per heavy atom. The molecule has 0 bridgehead atoms. The van der Waals surface area contributed by atoms with Crippen LogP contribution in [0, 0.1) is 11.3 Å². The van der Waals surface area contributed by atoms with Crippen molar-refractivity contribution in [3.8, 4) is 0 Å². The first kappa shape index (κ1) is 21.2. The van der Waals surface area contributed by atoms with Crippen LogP contribution in [0.4, 0.5) is 18.0 Å². The summed E-state index contributed by atoms with van der Waals surface area (Å²) >= 11 is 0. The Hall–Kier alpha value is -1.51. The fourth-order valence-corrected chi connectivity index (χ4v) is 5.79. The molecule has 3 atom stereocenters. The van der Waals surface area contributed by atoms with Crippen molar-refractivity contribution in [3.63, 3.8) is 0 Å². The van der Waals surface area contributed by atoms with Gasteiger partial charge in [0.2, 0.25) is 5.91 Å². The summed E-state index contributed by atoms with van der Waals surface area (Å²) in [6, 6.07) is 0.00607. The van der Waals surface area contributed by atoms with Crippen LogP contribution in [0.1, 0.15) is 46.0 Å². The van der Waals surface area contributed by atoms with Gasteiger partial charge >= 0.3 is 12.3 Å². The summed E-state index contributed by atoms with van der Waals surface area (Å²) in [7, 11) is 0. The third-order valence-electron chi connectivity index (χ3n) is 7.13. The Kier molecular flexibility index (Phi) is 5.85. The molecule has 1 spiro atoms. The van der Waals surface area contributed by atoms with Gasteiger partial charge in [-0.15, -0.1) is 0 Å². The number of hydrogen-bond acceptors (Lipinski definition) is 3. The van der Waals surface area contributed by atoms with Crippen LogP contribution < -0.4 is 0 Å². The summed E-state index contributed by atoms with van der Waals surface area (Å²) in [5.41, 5.74) is 0.0658. The molecule has 0 aromatic rings. The summed E-state index contributed by atoms with van der Waals surface area (Å²) in [5.74, 6) is -0.1000. The lowest BCUT2D eigenvalue weighted by Crippen LogP contribution is -2.62. The molecule has 1 saturated carbocycles. The molecule has 0 aromatic carbocycles. The molecule has 2 amide bonds. The molecule has 2 aliphatic heterocycles. The zero-order chi connectivity index (χ0) is 20.7. The molecule has 3 rings (SSSR count). The van der Waals surface area contributed by atoms with Crippen molar-refractivity contribution >= 4 is 12.0 Å². The average Bonchev–Trinajstić information content (AvgIpc) is 3.05. The predicted octanol–water partition coefficient (Wildman–Crippen LogP) is 3.03. The minimum atomic E-state index is -4.38. The molecule has 0 aromatic heterocycles. The second-order valence-corrected chi connectivity index (χ2v) is 8.63. The van der Waals surface area contributed by atoms with Crippen molar-refractivity contribution in [2.24, 2.45) is 11.3 Å². The van der Waals surface area contributed by atoms with Gasteiger partial charge in [-0.05, 0) is 37.0 Å². The van der Waals surface area contributed by atoms with E-state index in [1.54, 1.807) is 0 Å². The summed E-state index contributed by atoms with van der Waals surface area (Å²) < 4.78 is 38.4. The maximum absolute atomic E-state index is 12.8. The Morgan fingerprint density at radius 2 is 1.86 bits per heavy atom. The van der Waals surface area contributed by atoms with Crippen LogP contribution in [-0.4, -0.2) is 82.8 Å². The minimum Gasteiger partial charge on any atom is -0.465 e. The van der Waals surface area contributed by atoms with Gasteiger partial charge in [0.15, 0.2) is 0 Å². The van der Waals surface area contributed by atoms with Crippen molar-refractivity contribution in [3.05, 3.63) is 0 Å². The molecular formula is C19H30F3N3O3. The normalized spacial score (nSPS) is 31.8. The smallest absolute Gasteiger partial charge is 0.407 e. The summed E-state index contributed by atoms with van der Waals surface area (Å²) in [5, 5.41) is 9.25. The monoisotopic (exact) mass is 405 g/mol. The number of rotatable bonds is 4. The predicted molar refractivity (Wildman–Crippen MR) is 96.9 cm³/mol. The first-order valence-electron chi connectivity index (χ1n) is 10.1. The van der Waals surface area contributed by atoms with Gasteiger partial charge < -0.3 is 14.9 Å². The molecule has 160 valence electrons. The van der Waals surface area contributed by atoms with E-state index in [9.17, 15) is 27.9 Å². The van der Waals surface area contributed by atoms with Gasteiger partial charge in [-0.25, -0.2) is 4.79 Å². The first-order chi connectivity index (χ1) is 13.1. The third kappa shape index (κ3) is 4.09. The van der Waals surface area contributed by atoms with E-state index < -0.39 is 24.7 Å². The Bertz CT molecular complexity index is 607. The van der Waals surface area contributed by atoms with Crippen molar-refractivity contribution in [2.45, 2.75) is 64.2 Å². The maximum Gasteiger partial charge on any atom is 0.407 e. The van der Waals surface area contributed by atoms with Crippen molar-refractivity contribution in [1.29, 1.82) is 0 Å². The highest BCUT2D eigenvalue weighted by Crippen LogP contribution is 2.56. The maximum atomic E-state index is 12.8. The molecule has 0 radical (unpaired) electrons. The third-order valence-corrected chi connectivity index (χ3v) is 7.13. The zero-order valence-electron chi connectivity index (χ0n) is 16.5. The Labute approximate surface area is 163 Å². The zero-order valence-corrected chi connectivity index (χ0v) is 16.5. The van der Waals surface area contributed by atoms with Crippen LogP contribution in [0.2, 0.25) is 0 Å². The molecular weight excluding hydrogens is 375 g/mol. The average molecular weight is 405 g/mol. The summed E-state index contributed by atoms with van der Waals surface area (Å²) in [4.78, 5) is 27.8. The molecule has 2 heterocycles. The van der Waals surface area contributed by atoms with Crippen LogP contribution in [0.15, 0.2) is 0 Å². The van der Waals surface area contributed by atoms with Gasteiger partial charge in [0.1, 0.15) is 6.54 Å². The van der Waals surface area contributed by atoms with Crippen LogP contribution in [-0.2, 0) is 4.79 Å². The van der Waals surface area contributed by atoms with E-state index in [0.29, 0.717) is 51.0 Å². The molecule has 3 aliphatic rings. The van der Waals surface area contributed by atoms with Gasteiger partial charge in [0.05, 0.1) is 0 Å². The molecule has 28 heavy (non-hydrogen) atoms. The molecule has 9 heteroatoms. The van der Waals surface area contributed by atoms with Crippen LogP contribution in [0.5, 0.6) is 0 Å². The number of nitrogens with zero attached hydrogens (tertiary/aromatic N) is 3. The van der Waals surface area contributed by atoms with E-state index >= 15 is 0 Å². The first-order valence-corrected chi connectivity index (χ1v) is 10.1. The topological polar surface area (TPSA) is 64.1 Å². The van der Waals surface area contributed by atoms with Gasteiger partial charge in [-0.1, -0.05) is 13.3 Å². The molecule has 1 N–H and O–H groups in total. The van der Waals surface area contributed by atoms with Crippen molar-refractivity contribution < 1.29 is 27.9 Å². The van der Waals surface area contributed by atoms with E-state index in [4.69, 9.17) is 0 Å². The van der Waals surface area contributed by atoms with E-state index in [1.807, 2.05) is 0 Å². The second-order valence-electron chi connectivity index (χ2n) is 8.63. The van der Waals surface area contributed by atoms with Crippen LogP contribution in [0.25, 0.3) is 0 Å². The highest BCUT2D eigenvalue weighted by atomic mass is 19.4. The Morgan fingerprint density at radius 1 is 1.21 bits per heavy atom. The van der Waals surface area contributed by atoms with E-state index in [-0.39, 0.29) is 11.5 Å². The highest BCUT2D eigenvalue weighted by molar-refractivity contribution is 5.73. The van der Waals surface area contributed by atoms with Crippen molar-refractivity contribution in [2.75, 3.05) is 32.7 Å². The van der Waals surface area contributed by atoms with E-state index in [0.717, 1.165) is 24.2 Å². The largest absolute Gasteiger partial charge is 0.465 e. The standard InChI is InChI=1S/C19H30F3N3O3/c1-3-15-16(10-18(15)6-9-24(11-18)17(27)28)23-7-4-14(5-8-23)25(13(2)26)12-19(20,21)22/h14-16H,3-12H2,1-2H3,(H,27,28). The molecule has 2 saturated heterocycles. The number of halogens is 3. The van der Waals surface area contributed by atoms with E-state index in [2.05, 4.69) is 11.8 Å². The number of hydrogen-bond donors (Lipinski definition) is 1. The second kappa shape index (κ2) is 7.72. The number of piperidine rings is 1. The molecule has 1 aliphatic carbocycles. The number of amides is 2. The number of carbonyl (C=O) groups is 2. The lowest BCUT2D eigenvalue weighted by atomic mass is 9.54. The fraction of sp³-hybridized carbons (Fsp3) is 0.895. The highest BCUT2D eigenvalue weighted by Gasteiger charge is 2.58. The van der Waals surface area contributed by atoms with Gasteiger partial charge in [0, 0.05) is 45.2 Å². The fourth-order valence-electron chi connectivity index (χ4n) is 5.79. The van der Waals surface area contributed by atoms with Crippen molar-refractivity contribution in [1.82, 2.24) is 14.7 Å². The van der Waals surface area contributed by atoms with Gasteiger partial charge in [-0.2, -0.15) is 13.2 Å². The number of likely N-dealkylation sites (tertiary alicyclic amines) is 2. The number of carbonyl (C=O) groups excluding carboxylic acids is 1. The van der Waals surface area contributed by atoms with Gasteiger partial charge in [0.25, 0.3) is 0 Å². The number of carboxylic acid groups (broad SMARTS) is 1. The van der Waals surface area contributed by atoms with Crippen LogP contribution >= 0.6 is 0 Å². The van der Waals surface area contributed by atoms with Crippen LogP contribution in [0.3, 0.4) is 0 Å². The number of alkyl halides is 3. The quantitative estimate of drug-likeness (QED) is 0.781. The summed E-state index contributed by atoms with van der Waals surface area (Å²) in [6.45, 7) is 4.72. The molecule has 3 unspecified atom stereocenters. The molecule has 6 nitrogen and oxygen atoms in total. The lowest BCUT2D eigenvalue weighted by Gasteiger charge is -2.58. The minimum absolute atomic E-state index is 0.0658. The summed E-state index contributed by atoms with van der Waals surface area (Å²) in [6.07, 6.45) is -1.30.